The molecule has 0 atom stereocenters. The summed E-state index contributed by atoms with van der Waals surface area (Å²) in [4.78, 5) is 4.00. The first kappa shape index (κ1) is 14.9. The lowest BCUT2D eigenvalue weighted by Crippen LogP contribution is -2.00. The van der Waals surface area contributed by atoms with E-state index >= 15 is 0 Å². The number of halogens is 2. The van der Waals surface area contributed by atoms with Crippen LogP contribution in [-0.4, -0.2) is 29.8 Å². The van der Waals surface area contributed by atoms with Crippen LogP contribution in [0.1, 0.15) is 0 Å². The summed E-state index contributed by atoms with van der Waals surface area (Å²) >= 11 is 12.6. The minimum Gasteiger partial charge on any atom is -0.223 e. The Morgan fingerprint density at radius 3 is 2.58 bits per heavy atom. The van der Waals surface area contributed by atoms with Gasteiger partial charge < -0.3 is 0 Å². The second kappa shape index (κ2) is 6.07. The lowest BCUT2D eigenvalue weighted by atomic mass is 10.0. The van der Waals surface area contributed by atoms with Crippen molar-refractivity contribution in [1.29, 1.82) is 0 Å². The molecule has 0 fully saturated rings. The Hall–Kier alpha value is -2.70. The van der Waals surface area contributed by atoms with Crippen molar-refractivity contribution in [2.75, 3.05) is 0 Å². The Bertz CT molecular complexity index is 980. The van der Waals surface area contributed by atoms with Gasteiger partial charge in [0, 0.05) is 21.2 Å². The summed E-state index contributed by atoms with van der Waals surface area (Å²) in [6.45, 7) is 0. The molecule has 0 radical (unpaired) electrons. The summed E-state index contributed by atoms with van der Waals surface area (Å²) in [6.07, 6.45) is 6.49. The highest BCUT2D eigenvalue weighted by molar-refractivity contribution is 6.34. The largest absolute Gasteiger partial charge is 0.223 e. The molecule has 0 N–H and O–H groups in total. The van der Waals surface area contributed by atoms with Crippen LogP contribution in [0.3, 0.4) is 0 Å². The minimum atomic E-state index is 0.600. The summed E-state index contributed by atoms with van der Waals surface area (Å²) in [5.74, 6) is 0. The van der Waals surface area contributed by atoms with Gasteiger partial charge in [0.15, 0.2) is 0 Å². The quantitative estimate of drug-likeness (QED) is 0.559. The molecular formula is C16H10Cl2N6. The number of aromatic nitrogens is 6. The average Bonchev–Trinajstić information content (AvgIpc) is 3.29. The fraction of sp³-hybridized carbons (Fsp3) is 0. The molecule has 0 saturated heterocycles. The van der Waals surface area contributed by atoms with Crippen LogP contribution in [0.25, 0.3) is 22.5 Å². The Kier molecular flexibility index (Phi) is 3.76. The van der Waals surface area contributed by atoms with E-state index in [1.807, 2.05) is 30.3 Å². The van der Waals surface area contributed by atoms with E-state index in [9.17, 15) is 0 Å². The minimum absolute atomic E-state index is 0.600. The topological polar surface area (TPSA) is 61.4 Å². The van der Waals surface area contributed by atoms with Gasteiger partial charge in [0.25, 0.3) is 0 Å². The molecule has 118 valence electrons. The Morgan fingerprint density at radius 1 is 0.917 bits per heavy atom. The molecule has 0 unspecified atom stereocenters. The van der Waals surface area contributed by atoms with Crippen LogP contribution < -0.4 is 0 Å². The van der Waals surface area contributed by atoms with Crippen LogP contribution in [0.2, 0.25) is 10.0 Å². The molecule has 2 heterocycles. The number of nitrogens with zero attached hydrogens (tertiary/aromatic N) is 6. The van der Waals surface area contributed by atoms with Crippen molar-refractivity contribution in [3.63, 3.8) is 0 Å². The lowest BCUT2D eigenvalue weighted by molar-refractivity contribution is 0.803. The van der Waals surface area contributed by atoms with E-state index in [-0.39, 0.29) is 0 Å². The molecule has 4 rings (SSSR count). The molecule has 0 aliphatic rings. The third kappa shape index (κ3) is 2.66. The van der Waals surface area contributed by atoms with Crippen LogP contribution >= 0.6 is 23.2 Å². The molecule has 2 aromatic heterocycles. The highest BCUT2D eigenvalue weighted by Gasteiger charge is 2.13. The maximum absolute atomic E-state index is 6.44. The van der Waals surface area contributed by atoms with Crippen molar-refractivity contribution in [1.82, 2.24) is 29.8 Å². The molecular weight excluding hydrogens is 347 g/mol. The molecule has 8 heteroatoms. The first-order valence-corrected chi connectivity index (χ1v) is 7.79. The zero-order valence-electron chi connectivity index (χ0n) is 12.2. The molecule has 4 aromatic rings. The third-order valence-electron chi connectivity index (χ3n) is 3.55. The number of rotatable bonds is 3. The first-order chi connectivity index (χ1) is 11.7. The maximum Gasteiger partial charge on any atom is 0.138 e. The van der Waals surface area contributed by atoms with Crippen molar-refractivity contribution in [3.05, 3.63) is 71.5 Å². The highest BCUT2D eigenvalue weighted by atomic mass is 35.5. The Labute approximate surface area is 147 Å². The van der Waals surface area contributed by atoms with Crippen molar-refractivity contribution >= 4 is 23.2 Å². The van der Waals surface area contributed by atoms with Gasteiger partial charge in [-0.2, -0.15) is 5.10 Å². The van der Waals surface area contributed by atoms with Gasteiger partial charge in [0.1, 0.15) is 12.7 Å². The summed E-state index contributed by atoms with van der Waals surface area (Å²) in [5, 5.41) is 13.2. The van der Waals surface area contributed by atoms with Crippen LogP contribution in [-0.2, 0) is 0 Å². The van der Waals surface area contributed by atoms with Crippen molar-refractivity contribution in [2.45, 2.75) is 0 Å². The predicted octanol–water partition coefficient (Wildman–Crippen LogP) is 3.82. The molecule has 0 aliphatic heterocycles. The molecule has 0 aliphatic carbocycles. The van der Waals surface area contributed by atoms with Gasteiger partial charge in [-0.3, -0.25) is 0 Å². The van der Waals surface area contributed by atoms with Crippen LogP contribution in [0.15, 0.2) is 61.4 Å². The average molecular weight is 357 g/mol. The second-order valence-corrected chi connectivity index (χ2v) is 5.86. The zero-order valence-corrected chi connectivity index (χ0v) is 13.7. The van der Waals surface area contributed by atoms with Gasteiger partial charge >= 0.3 is 0 Å². The first-order valence-electron chi connectivity index (χ1n) is 7.03. The molecule has 0 bridgehead atoms. The molecule has 0 amide bonds. The summed E-state index contributed by atoms with van der Waals surface area (Å²) in [7, 11) is 0. The second-order valence-electron chi connectivity index (χ2n) is 5.01. The van der Waals surface area contributed by atoms with Gasteiger partial charge in [-0.15, -0.1) is 5.10 Å². The van der Waals surface area contributed by atoms with Crippen molar-refractivity contribution in [2.24, 2.45) is 0 Å². The fourth-order valence-corrected chi connectivity index (χ4v) is 2.86. The monoisotopic (exact) mass is 356 g/mol. The zero-order chi connectivity index (χ0) is 16.5. The van der Waals surface area contributed by atoms with E-state index in [1.165, 1.54) is 6.33 Å². The Morgan fingerprint density at radius 2 is 1.83 bits per heavy atom. The van der Waals surface area contributed by atoms with E-state index in [1.54, 1.807) is 34.2 Å². The molecule has 6 nitrogen and oxygen atoms in total. The summed E-state index contributed by atoms with van der Waals surface area (Å²) in [6, 6.07) is 11.2. The third-order valence-corrected chi connectivity index (χ3v) is 4.12. The predicted molar refractivity (Wildman–Crippen MR) is 91.7 cm³/mol. The smallest absolute Gasteiger partial charge is 0.138 e. The molecule has 0 spiro atoms. The van der Waals surface area contributed by atoms with Crippen molar-refractivity contribution < 1.29 is 0 Å². The van der Waals surface area contributed by atoms with Crippen LogP contribution in [0.5, 0.6) is 0 Å². The van der Waals surface area contributed by atoms with Crippen LogP contribution in [0.4, 0.5) is 0 Å². The van der Waals surface area contributed by atoms with E-state index in [0.717, 1.165) is 22.5 Å². The highest BCUT2D eigenvalue weighted by Crippen LogP contribution is 2.35. The van der Waals surface area contributed by atoms with E-state index in [2.05, 4.69) is 20.4 Å². The lowest BCUT2D eigenvalue weighted by Gasteiger charge is -2.13. The summed E-state index contributed by atoms with van der Waals surface area (Å²) in [5.41, 5.74) is 3.34. The maximum atomic E-state index is 6.44. The standard InChI is InChI=1S/C16H10Cl2N6/c17-11-1-4-16(24-10-19-9-21-24)14(7-11)13-8-12(2-3-15(13)18)23-6-5-20-22-23/h1-10H. The normalized spacial score (nSPS) is 10.9. The van der Waals surface area contributed by atoms with E-state index in [4.69, 9.17) is 23.2 Å². The van der Waals surface area contributed by atoms with Gasteiger partial charge in [-0.25, -0.2) is 14.3 Å². The van der Waals surface area contributed by atoms with Crippen molar-refractivity contribution in [3.8, 4) is 22.5 Å². The van der Waals surface area contributed by atoms with Gasteiger partial charge in [-0.05, 0) is 36.4 Å². The number of benzene rings is 2. The van der Waals surface area contributed by atoms with Gasteiger partial charge in [0.05, 0.1) is 23.8 Å². The molecule has 0 saturated carbocycles. The van der Waals surface area contributed by atoms with Gasteiger partial charge in [0.2, 0.25) is 0 Å². The molecule has 2 aromatic carbocycles. The van der Waals surface area contributed by atoms with E-state index < -0.39 is 0 Å². The summed E-state index contributed by atoms with van der Waals surface area (Å²) < 4.78 is 3.34. The SMILES string of the molecule is Clc1ccc(-n2cncn2)c(-c2cc(-n3ccnn3)ccc2Cl)c1. The van der Waals surface area contributed by atoms with Gasteiger partial charge in [-0.1, -0.05) is 28.4 Å². The van der Waals surface area contributed by atoms with E-state index in [0.29, 0.717) is 10.0 Å². The van der Waals surface area contributed by atoms with Crippen LogP contribution in [0, 0.1) is 0 Å². The molecule has 24 heavy (non-hydrogen) atoms. The number of hydrogen-bond acceptors (Lipinski definition) is 4. The Balaban J connectivity index is 1.93. The fourth-order valence-electron chi connectivity index (χ4n) is 2.46. The number of hydrogen-bond donors (Lipinski definition) is 0.